The molecule has 0 unspecified atom stereocenters. The maximum Gasteiger partial charge on any atom is 0.314 e. The average molecular weight is 483 g/mol. The summed E-state index contributed by atoms with van der Waals surface area (Å²) in [6.45, 7) is 7.97. The molecule has 3 rings (SSSR count). The fraction of sp³-hybridized carbons (Fsp3) is 0.583. The van der Waals surface area contributed by atoms with Crippen LogP contribution in [0.2, 0.25) is 0 Å². The molecule has 8 atom stereocenters. The Balaban J connectivity index is 2.11. The number of ketones is 1. The maximum atomic E-state index is 13.4. The normalized spacial score (nSPS) is 35.2. The first kappa shape index (κ1) is 25.6. The smallest absolute Gasteiger partial charge is 0.314 e. The molecule has 3 N–H and O–H groups in total. The third-order valence-corrected chi connectivity index (χ3v) is 7.42. The Labute approximate surface area is 198 Å². The van der Waals surface area contributed by atoms with Gasteiger partial charge in [0.25, 0.3) is 0 Å². The molecule has 0 amide bonds. The van der Waals surface area contributed by atoms with E-state index in [9.17, 15) is 24.9 Å². The highest BCUT2D eigenvalue weighted by Crippen LogP contribution is 2.58. The van der Waals surface area contributed by atoms with Gasteiger partial charge in [0.15, 0.2) is 5.79 Å². The highest BCUT2D eigenvalue weighted by Gasteiger charge is 2.71. The second-order valence-electron chi connectivity index (χ2n) is 9.22. The van der Waals surface area contributed by atoms with Gasteiger partial charge in [-0.25, -0.2) is 0 Å². The van der Waals surface area contributed by atoms with Gasteiger partial charge in [0.1, 0.15) is 17.3 Å². The maximum absolute atomic E-state index is 13.4. The predicted octanol–water partition coefficient (Wildman–Crippen LogP) is 2.33. The Hall–Kier alpha value is -1.97. The number of carbonyl (C=O) groups is 2. The van der Waals surface area contributed by atoms with Crippen LogP contribution in [-0.2, 0) is 23.8 Å². The molecule has 1 fully saturated rings. The molecule has 8 nitrogen and oxygen atoms in total. The van der Waals surface area contributed by atoms with Gasteiger partial charge in [-0.15, -0.1) is 0 Å². The summed E-state index contributed by atoms with van der Waals surface area (Å²) in [5, 5.41) is 31.3. The van der Waals surface area contributed by atoms with Gasteiger partial charge < -0.3 is 29.5 Å². The van der Waals surface area contributed by atoms with Gasteiger partial charge in [-0.05, 0) is 32.9 Å². The number of halogens is 1. The Kier molecular flexibility index (Phi) is 6.99. The minimum atomic E-state index is -2.19. The molecule has 9 heteroatoms. The SMILES string of the molecule is COC(=O)[C@@H]1[C@H]2C3=COC(/C=C/[C@@H](C)[C@@H](C)O)=CC3=C(Cl)C(=O)[C@@]2(C)O[C@]1(O)[C@H](C)[C@@H](C)O. The fourth-order valence-electron chi connectivity index (χ4n) is 4.56. The fourth-order valence-corrected chi connectivity index (χ4v) is 4.91. The second kappa shape index (κ2) is 9.00. The summed E-state index contributed by atoms with van der Waals surface area (Å²) >= 11 is 6.47. The number of rotatable bonds is 6. The zero-order chi connectivity index (χ0) is 24.9. The summed E-state index contributed by atoms with van der Waals surface area (Å²) in [5.74, 6) is -6.55. The number of methoxy groups -OCH3 is 1. The molecule has 2 heterocycles. The molecule has 0 bridgehead atoms. The van der Waals surface area contributed by atoms with Crippen LogP contribution in [0.5, 0.6) is 0 Å². The van der Waals surface area contributed by atoms with Gasteiger partial charge in [0.05, 0.1) is 30.6 Å². The number of esters is 1. The average Bonchev–Trinajstić information content (AvgIpc) is 3.03. The number of carbonyl (C=O) groups excluding carboxylic acids is 2. The number of fused-ring (bicyclic) bond motifs is 3. The number of aliphatic hydroxyl groups is 3. The monoisotopic (exact) mass is 482 g/mol. The van der Waals surface area contributed by atoms with E-state index in [2.05, 4.69) is 0 Å². The van der Waals surface area contributed by atoms with Crippen LogP contribution in [0.15, 0.2) is 46.4 Å². The lowest BCUT2D eigenvalue weighted by molar-refractivity contribution is -0.268. The molecule has 0 aromatic heterocycles. The number of Topliss-reactive ketones (excluding diaryl/α,β-unsaturated/α-hetero) is 1. The van der Waals surface area contributed by atoms with Crippen molar-refractivity contribution in [1.82, 2.24) is 0 Å². The van der Waals surface area contributed by atoms with Crippen molar-refractivity contribution in [3.63, 3.8) is 0 Å². The number of hydrogen-bond acceptors (Lipinski definition) is 8. The molecule has 0 radical (unpaired) electrons. The van der Waals surface area contributed by atoms with E-state index < -0.39 is 53.1 Å². The van der Waals surface area contributed by atoms with Gasteiger partial charge in [-0.3, -0.25) is 9.59 Å². The van der Waals surface area contributed by atoms with Crippen LogP contribution >= 0.6 is 11.6 Å². The summed E-state index contributed by atoms with van der Waals surface area (Å²) in [5.41, 5.74) is -0.924. The minimum Gasteiger partial charge on any atom is -0.469 e. The van der Waals surface area contributed by atoms with Crippen molar-refractivity contribution in [2.75, 3.05) is 7.11 Å². The van der Waals surface area contributed by atoms with Crippen LogP contribution in [0.25, 0.3) is 0 Å². The van der Waals surface area contributed by atoms with Crippen LogP contribution in [0.1, 0.15) is 34.6 Å². The van der Waals surface area contributed by atoms with Crippen molar-refractivity contribution in [1.29, 1.82) is 0 Å². The highest BCUT2D eigenvalue weighted by atomic mass is 35.5. The van der Waals surface area contributed by atoms with Crippen LogP contribution in [0.4, 0.5) is 0 Å². The summed E-state index contributed by atoms with van der Waals surface area (Å²) in [6.07, 6.45) is 4.78. The summed E-state index contributed by atoms with van der Waals surface area (Å²) in [6, 6.07) is 0. The van der Waals surface area contributed by atoms with E-state index in [1.165, 1.54) is 34.1 Å². The van der Waals surface area contributed by atoms with Crippen molar-refractivity contribution in [2.24, 2.45) is 23.7 Å². The lowest BCUT2D eigenvalue weighted by Gasteiger charge is -2.37. The molecule has 0 aromatic carbocycles. The van der Waals surface area contributed by atoms with Crippen molar-refractivity contribution in [3.05, 3.63) is 46.4 Å². The molecule has 0 spiro atoms. The molecule has 1 saturated heterocycles. The van der Waals surface area contributed by atoms with Gasteiger partial charge >= 0.3 is 5.97 Å². The lowest BCUT2D eigenvalue weighted by atomic mass is 9.66. The van der Waals surface area contributed by atoms with E-state index in [1.54, 1.807) is 25.2 Å². The quantitative estimate of drug-likeness (QED) is 0.493. The van der Waals surface area contributed by atoms with Crippen molar-refractivity contribution >= 4 is 23.4 Å². The molecule has 33 heavy (non-hydrogen) atoms. The molecule has 2 aliphatic heterocycles. The van der Waals surface area contributed by atoms with E-state index in [0.717, 1.165) is 0 Å². The van der Waals surface area contributed by atoms with E-state index in [-0.39, 0.29) is 11.0 Å². The zero-order valence-corrected chi connectivity index (χ0v) is 20.3. The molecular formula is C24H31ClO8. The summed E-state index contributed by atoms with van der Waals surface area (Å²) in [7, 11) is 1.18. The van der Waals surface area contributed by atoms with E-state index in [1.807, 2.05) is 6.92 Å². The topological polar surface area (TPSA) is 123 Å². The Morgan fingerprint density at radius 1 is 1.24 bits per heavy atom. The zero-order valence-electron chi connectivity index (χ0n) is 19.5. The molecular weight excluding hydrogens is 452 g/mol. The third kappa shape index (κ3) is 4.08. The van der Waals surface area contributed by atoms with Crippen LogP contribution in [0.3, 0.4) is 0 Å². The van der Waals surface area contributed by atoms with Gasteiger partial charge in [-0.2, -0.15) is 0 Å². The predicted molar refractivity (Wildman–Crippen MR) is 119 cm³/mol. The van der Waals surface area contributed by atoms with Crippen LogP contribution in [0, 0.1) is 23.7 Å². The third-order valence-electron chi connectivity index (χ3n) is 7.05. The molecule has 3 aliphatic rings. The first-order valence-corrected chi connectivity index (χ1v) is 11.2. The number of allylic oxidation sites excluding steroid dienone is 3. The number of hydrogen-bond donors (Lipinski definition) is 3. The Bertz CT molecular complexity index is 962. The summed E-state index contributed by atoms with van der Waals surface area (Å²) in [4.78, 5) is 26.3. The molecule has 182 valence electrons. The molecule has 0 saturated carbocycles. The number of ether oxygens (including phenoxy) is 3. The van der Waals surface area contributed by atoms with E-state index >= 15 is 0 Å². The van der Waals surface area contributed by atoms with Crippen molar-refractivity contribution in [2.45, 2.75) is 58.2 Å². The Morgan fingerprint density at radius 3 is 2.42 bits per heavy atom. The van der Waals surface area contributed by atoms with Crippen LogP contribution in [-0.4, -0.2) is 57.8 Å². The summed E-state index contributed by atoms with van der Waals surface area (Å²) < 4.78 is 16.6. The lowest BCUT2D eigenvalue weighted by Crippen LogP contribution is -2.50. The van der Waals surface area contributed by atoms with Gasteiger partial charge in [-0.1, -0.05) is 31.5 Å². The minimum absolute atomic E-state index is 0.115. The largest absolute Gasteiger partial charge is 0.469 e. The van der Waals surface area contributed by atoms with Gasteiger partial charge in [0.2, 0.25) is 5.78 Å². The van der Waals surface area contributed by atoms with Crippen LogP contribution < -0.4 is 0 Å². The Morgan fingerprint density at radius 2 is 1.88 bits per heavy atom. The first-order valence-electron chi connectivity index (χ1n) is 10.9. The van der Waals surface area contributed by atoms with Gasteiger partial charge in [0, 0.05) is 28.9 Å². The second-order valence-corrected chi connectivity index (χ2v) is 9.60. The van der Waals surface area contributed by atoms with Crippen molar-refractivity contribution in [3.8, 4) is 0 Å². The standard InChI is InChI=1S/C24H31ClO8/c1-11(13(3)26)7-8-15-9-16-17(10-32-15)18-19(22(29)31-6)24(30,12(2)14(4)27)33-23(18,5)21(28)20(16)25/h7-14,18-19,26-27,30H,1-6H3/b8-7+/t11-,12-,13-,14-,18-,19+,23+,24-/m1/s1. The molecule has 1 aliphatic carbocycles. The van der Waals surface area contributed by atoms with E-state index in [0.29, 0.717) is 16.9 Å². The van der Waals surface area contributed by atoms with Crippen molar-refractivity contribution < 1.29 is 39.1 Å². The first-order chi connectivity index (χ1) is 15.3. The number of aliphatic hydroxyl groups excluding tert-OH is 2. The van der Waals surface area contributed by atoms with E-state index in [4.69, 9.17) is 25.8 Å². The highest BCUT2D eigenvalue weighted by molar-refractivity contribution is 6.45. The molecule has 0 aromatic rings.